The van der Waals surface area contributed by atoms with Gasteiger partial charge < -0.3 is 20.0 Å². The van der Waals surface area contributed by atoms with Crippen molar-refractivity contribution in [2.24, 2.45) is 0 Å². The summed E-state index contributed by atoms with van der Waals surface area (Å²) in [6, 6.07) is 5.85. The Balaban J connectivity index is 1.41. The van der Waals surface area contributed by atoms with Crippen LogP contribution in [-0.4, -0.2) is 77.6 Å². The Morgan fingerprint density at radius 3 is 2.55 bits per heavy atom. The van der Waals surface area contributed by atoms with Crippen LogP contribution in [0.5, 0.6) is 0 Å². The number of nitrogens with zero attached hydrogens (tertiary/aromatic N) is 7. The van der Waals surface area contributed by atoms with Gasteiger partial charge in [0, 0.05) is 44.6 Å². The number of rotatable bonds is 5. The summed E-state index contributed by atoms with van der Waals surface area (Å²) in [5, 5.41) is 4.12. The Morgan fingerprint density at radius 2 is 1.90 bits per heavy atom. The lowest BCUT2D eigenvalue weighted by Crippen LogP contribution is -2.48. The maximum absolute atomic E-state index is 13.5. The molecule has 0 saturated carbocycles. The van der Waals surface area contributed by atoms with Gasteiger partial charge in [-0.15, -0.1) is 11.3 Å². The quantitative estimate of drug-likeness (QED) is 0.449. The number of halogens is 3. The van der Waals surface area contributed by atoms with Gasteiger partial charge >= 0.3 is 6.18 Å². The van der Waals surface area contributed by atoms with Crippen LogP contribution in [0, 0.1) is 13.8 Å². The molecule has 0 spiro atoms. The number of benzene rings is 1. The van der Waals surface area contributed by atoms with Gasteiger partial charge in [-0.05, 0) is 43.7 Å². The van der Waals surface area contributed by atoms with Crippen LogP contribution in [0.3, 0.4) is 0 Å². The Morgan fingerprint density at radius 1 is 1.18 bits per heavy atom. The molecule has 2 aromatic heterocycles. The second-order valence-corrected chi connectivity index (χ2v) is 10.7. The highest BCUT2D eigenvalue weighted by molar-refractivity contribution is 7.16. The highest BCUT2D eigenvalue weighted by Gasteiger charge is 2.40. The van der Waals surface area contributed by atoms with Crippen LogP contribution in [0.15, 0.2) is 37.1 Å². The van der Waals surface area contributed by atoms with Crippen molar-refractivity contribution in [3.63, 3.8) is 0 Å². The summed E-state index contributed by atoms with van der Waals surface area (Å²) in [5.41, 5.74) is 2.52. The van der Waals surface area contributed by atoms with E-state index in [1.54, 1.807) is 23.8 Å². The normalized spacial score (nSPS) is 15.5. The van der Waals surface area contributed by atoms with Gasteiger partial charge in [0.05, 0.1) is 11.2 Å². The van der Waals surface area contributed by atoms with Crippen LogP contribution in [0.2, 0.25) is 0 Å². The van der Waals surface area contributed by atoms with Gasteiger partial charge in [-0.3, -0.25) is 14.5 Å². The molecule has 14 heteroatoms. The van der Waals surface area contributed by atoms with Crippen molar-refractivity contribution in [1.82, 2.24) is 19.9 Å². The second-order valence-electron chi connectivity index (χ2n) is 9.50. The molecule has 0 bridgehead atoms. The van der Waals surface area contributed by atoms with Crippen LogP contribution >= 0.6 is 11.3 Å². The third kappa shape index (κ3) is 5.30. The minimum Gasteiger partial charge on any atom is -0.368 e. The zero-order valence-corrected chi connectivity index (χ0v) is 22.9. The second kappa shape index (κ2) is 10.4. The SMILES string of the molecule is C=CC(=O)N1CCN(c2ccc(Nc3ncc4c(n3)N(C)c3sc(C)nc3C(=O)N4CC(F)(F)F)c(C)c2)CC1. The summed E-state index contributed by atoms with van der Waals surface area (Å²) in [4.78, 5) is 44.1. The van der Waals surface area contributed by atoms with E-state index in [2.05, 4.69) is 31.7 Å². The lowest BCUT2D eigenvalue weighted by molar-refractivity contribution is -0.126. The average molecular weight is 573 g/mol. The van der Waals surface area contributed by atoms with Crippen molar-refractivity contribution in [3.05, 3.63) is 53.3 Å². The minimum absolute atomic E-state index is 0.0529. The Kier molecular flexibility index (Phi) is 7.12. The number of hydrogen-bond donors (Lipinski definition) is 1. The number of nitrogens with one attached hydrogen (secondary N) is 1. The zero-order valence-electron chi connectivity index (χ0n) is 22.1. The maximum atomic E-state index is 13.5. The fourth-order valence-corrected chi connectivity index (χ4v) is 5.61. The molecule has 5 rings (SSSR count). The molecule has 1 N–H and O–H groups in total. The molecule has 10 nitrogen and oxygen atoms in total. The number of aryl methyl sites for hydroxylation is 2. The van der Waals surface area contributed by atoms with Crippen molar-refractivity contribution in [2.75, 3.05) is 59.8 Å². The third-order valence-corrected chi connectivity index (χ3v) is 7.80. The molecule has 0 unspecified atom stereocenters. The highest BCUT2D eigenvalue weighted by Crippen LogP contribution is 2.42. The van der Waals surface area contributed by atoms with E-state index in [-0.39, 0.29) is 29.1 Å². The van der Waals surface area contributed by atoms with Gasteiger partial charge in [-0.25, -0.2) is 9.97 Å². The summed E-state index contributed by atoms with van der Waals surface area (Å²) in [6.07, 6.45) is -2.09. The summed E-state index contributed by atoms with van der Waals surface area (Å²) in [6.45, 7) is 8.27. The van der Waals surface area contributed by atoms with E-state index in [0.717, 1.165) is 16.9 Å². The number of aromatic nitrogens is 3. The van der Waals surface area contributed by atoms with E-state index >= 15 is 0 Å². The zero-order chi connectivity index (χ0) is 28.8. The van der Waals surface area contributed by atoms with Crippen LogP contribution in [0.1, 0.15) is 21.1 Å². The fourth-order valence-electron chi connectivity index (χ4n) is 4.74. The van der Waals surface area contributed by atoms with E-state index in [1.165, 1.54) is 23.6 Å². The number of carbonyl (C=O) groups excluding carboxylic acids is 2. The first-order chi connectivity index (χ1) is 18.9. The van der Waals surface area contributed by atoms with Gasteiger partial charge in [0.25, 0.3) is 5.91 Å². The number of anilines is 6. The number of amides is 2. The van der Waals surface area contributed by atoms with Crippen molar-refractivity contribution in [3.8, 4) is 0 Å². The molecule has 0 aliphatic carbocycles. The Hall–Kier alpha value is -4.20. The van der Waals surface area contributed by atoms with Crippen molar-refractivity contribution in [1.29, 1.82) is 0 Å². The third-order valence-electron chi connectivity index (χ3n) is 6.75. The van der Waals surface area contributed by atoms with Crippen LogP contribution in [0.4, 0.5) is 47.0 Å². The topological polar surface area (TPSA) is 97.8 Å². The molecule has 1 saturated heterocycles. The number of thiazole rings is 1. The predicted octanol–water partition coefficient (Wildman–Crippen LogP) is 4.42. The van der Waals surface area contributed by atoms with Crippen molar-refractivity contribution < 1.29 is 22.8 Å². The van der Waals surface area contributed by atoms with Crippen molar-refractivity contribution >= 4 is 57.0 Å². The molecule has 2 aliphatic heterocycles. The van der Waals surface area contributed by atoms with Crippen LogP contribution in [-0.2, 0) is 4.79 Å². The Bertz CT molecular complexity index is 1480. The van der Waals surface area contributed by atoms with Gasteiger partial charge in [0.2, 0.25) is 11.9 Å². The van der Waals surface area contributed by atoms with E-state index in [1.807, 2.05) is 25.1 Å². The smallest absolute Gasteiger partial charge is 0.368 e. The predicted molar refractivity (Wildman–Crippen MR) is 148 cm³/mol. The number of carbonyl (C=O) groups is 2. The molecule has 1 aromatic carbocycles. The average Bonchev–Trinajstić information content (AvgIpc) is 3.30. The number of alkyl halides is 3. The first-order valence-corrected chi connectivity index (χ1v) is 13.3. The number of fused-ring (bicyclic) bond motifs is 2. The molecule has 2 amide bonds. The highest BCUT2D eigenvalue weighted by atomic mass is 32.1. The molecule has 0 radical (unpaired) electrons. The first-order valence-electron chi connectivity index (χ1n) is 12.5. The molecular weight excluding hydrogens is 545 g/mol. The molecule has 210 valence electrons. The fraction of sp³-hybridized carbons (Fsp3) is 0.346. The van der Waals surface area contributed by atoms with E-state index < -0.39 is 18.6 Å². The summed E-state index contributed by atoms with van der Waals surface area (Å²) in [5.74, 6) is -0.608. The van der Waals surface area contributed by atoms with E-state index in [9.17, 15) is 22.8 Å². The molecule has 2 aliphatic rings. The van der Waals surface area contributed by atoms with Gasteiger partial charge in [0.15, 0.2) is 11.5 Å². The number of piperazine rings is 1. The summed E-state index contributed by atoms with van der Waals surface area (Å²) >= 11 is 1.20. The monoisotopic (exact) mass is 572 g/mol. The first kappa shape index (κ1) is 27.4. The minimum atomic E-state index is -4.63. The summed E-state index contributed by atoms with van der Waals surface area (Å²) < 4.78 is 40.4. The van der Waals surface area contributed by atoms with E-state index in [4.69, 9.17) is 0 Å². The van der Waals surface area contributed by atoms with Crippen LogP contribution in [0.25, 0.3) is 0 Å². The summed E-state index contributed by atoms with van der Waals surface area (Å²) in [7, 11) is 1.64. The van der Waals surface area contributed by atoms with Gasteiger partial charge in [0.1, 0.15) is 17.2 Å². The van der Waals surface area contributed by atoms with Gasteiger partial charge in [-0.2, -0.15) is 18.2 Å². The molecule has 3 aromatic rings. The number of hydrogen-bond acceptors (Lipinski definition) is 9. The molecule has 0 atom stereocenters. The lowest BCUT2D eigenvalue weighted by atomic mass is 10.1. The largest absolute Gasteiger partial charge is 0.406 e. The lowest BCUT2D eigenvalue weighted by Gasteiger charge is -2.36. The van der Waals surface area contributed by atoms with Crippen LogP contribution < -0.4 is 20.0 Å². The van der Waals surface area contributed by atoms with Crippen molar-refractivity contribution in [2.45, 2.75) is 20.0 Å². The van der Waals surface area contributed by atoms with Gasteiger partial charge in [-0.1, -0.05) is 6.58 Å². The maximum Gasteiger partial charge on any atom is 0.406 e. The molecule has 1 fully saturated rings. The molecule has 4 heterocycles. The Labute approximate surface area is 232 Å². The molecular formula is C26H27F3N8O2S. The molecule has 40 heavy (non-hydrogen) atoms. The standard InChI is InChI=1S/C26H27F3N8O2S/c1-5-20(38)36-10-8-35(9-11-36)17-6-7-18(15(2)12-17)32-25-30-13-19-22(33-25)34(4)24-21(31-16(3)40-24)23(39)37(19)14-26(27,28)29/h5-7,12-13H,1,8-11,14H2,2-4H3,(H,30,32,33). The van der Waals surface area contributed by atoms with E-state index in [0.29, 0.717) is 41.1 Å².